The highest BCUT2D eigenvalue weighted by Crippen LogP contribution is 2.27. The van der Waals surface area contributed by atoms with Crippen LogP contribution in [0.4, 0.5) is 5.69 Å². The number of sulfonamides is 1. The minimum atomic E-state index is -3.71. The van der Waals surface area contributed by atoms with Gasteiger partial charge in [0.1, 0.15) is 6.07 Å². The zero-order valence-corrected chi connectivity index (χ0v) is 14.5. The molecule has 0 saturated heterocycles. The fourth-order valence-electron chi connectivity index (χ4n) is 2.11. The topological polar surface area (TPSA) is 70.0 Å². The standard InChI is InChI=1S/C18H20N2O2S/c1-13-5-8-16(9-6-13)23(21,22)20-17-10-7-15(18(2,3)4)11-14(17)12-19/h5-11,20H,1-4H3. The number of hydrogen-bond donors (Lipinski definition) is 1. The fourth-order valence-corrected chi connectivity index (χ4v) is 3.19. The molecule has 0 heterocycles. The minimum Gasteiger partial charge on any atom is -0.278 e. The lowest BCUT2D eigenvalue weighted by Crippen LogP contribution is -2.15. The average molecular weight is 328 g/mol. The zero-order valence-electron chi connectivity index (χ0n) is 13.7. The number of hydrogen-bond acceptors (Lipinski definition) is 3. The highest BCUT2D eigenvalue weighted by molar-refractivity contribution is 7.92. The number of rotatable bonds is 3. The number of nitrogens with one attached hydrogen (secondary N) is 1. The van der Waals surface area contributed by atoms with Crippen LogP contribution in [0.5, 0.6) is 0 Å². The van der Waals surface area contributed by atoms with Crippen LogP contribution in [0.25, 0.3) is 0 Å². The van der Waals surface area contributed by atoms with Crippen LogP contribution in [-0.4, -0.2) is 8.42 Å². The monoisotopic (exact) mass is 328 g/mol. The van der Waals surface area contributed by atoms with E-state index in [0.717, 1.165) is 11.1 Å². The van der Waals surface area contributed by atoms with E-state index in [2.05, 4.69) is 10.8 Å². The molecule has 4 nitrogen and oxygen atoms in total. The van der Waals surface area contributed by atoms with E-state index in [4.69, 9.17) is 0 Å². The molecule has 0 aromatic heterocycles. The third kappa shape index (κ3) is 3.91. The SMILES string of the molecule is Cc1ccc(S(=O)(=O)Nc2ccc(C(C)(C)C)cc2C#N)cc1. The minimum absolute atomic E-state index is 0.111. The van der Waals surface area contributed by atoms with Crippen molar-refractivity contribution in [3.63, 3.8) is 0 Å². The molecule has 0 bridgehead atoms. The Hall–Kier alpha value is -2.32. The van der Waals surface area contributed by atoms with Gasteiger partial charge >= 0.3 is 0 Å². The van der Waals surface area contributed by atoms with Gasteiger partial charge in [0.2, 0.25) is 0 Å². The smallest absolute Gasteiger partial charge is 0.261 e. The van der Waals surface area contributed by atoms with Crippen LogP contribution in [0.3, 0.4) is 0 Å². The number of aryl methyl sites for hydroxylation is 1. The Morgan fingerprint density at radius 1 is 1.04 bits per heavy atom. The summed E-state index contributed by atoms with van der Waals surface area (Å²) in [4.78, 5) is 0.173. The van der Waals surface area contributed by atoms with Crippen LogP contribution in [0.1, 0.15) is 37.5 Å². The van der Waals surface area contributed by atoms with E-state index in [-0.39, 0.29) is 10.3 Å². The Kier molecular flexibility index (Phi) is 4.49. The molecule has 23 heavy (non-hydrogen) atoms. The lowest BCUT2D eigenvalue weighted by Gasteiger charge is -2.20. The van der Waals surface area contributed by atoms with Crippen LogP contribution in [0.2, 0.25) is 0 Å². The summed E-state index contributed by atoms with van der Waals surface area (Å²) in [6, 6.07) is 13.9. The van der Waals surface area contributed by atoms with Gasteiger partial charge in [0, 0.05) is 0 Å². The molecule has 0 atom stereocenters. The van der Waals surface area contributed by atoms with Crippen molar-refractivity contribution in [2.24, 2.45) is 0 Å². The average Bonchev–Trinajstić information content (AvgIpc) is 2.46. The molecular weight excluding hydrogens is 308 g/mol. The predicted octanol–water partition coefficient (Wildman–Crippen LogP) is 3.97. The van der Waals surface area contributed by atoms with Gasteiger partial charge in [-0.1, -0.05) is 44.5 Å². The Bertz CT molecular complexity index is 855. The lowest BCUT2D eigenvalue weighted by molar-refractivity contribution is 0.590. The molecule has 2 aromatic carbocycles. The molecule has 0 saturated carbocycles. The van der Waals surface area contributed by atoms with E-state index < -0.39 is 10.0 Å². The molecule has 0 spiro atoms. The van der Waals surface area contributed by atoms with Gasteiger partial charge < -0.3 is 0 Å². The summed E-state index contributed by atoms with van der Waals surface area (Å²) >= 11 is 0. The molecule has 0 amide bonds. The molecule has 0 unspecified atom stereocenters. The van der Waals surface area contributed by atoms with E-state index >= 15 is 0 Å². The second-order valence-electron chi connectivity index (χ2n) is 6.54. The summed E-state index contributed by atoms with van der Waals surface area (Å²) in [5, 5.41) is 9.33. The molecule has 120 valence electrons. The highest BCUT2D eigenvalue weighted by atomic mass is 32.2. The second-order valence-corrected chi connectivity index (χ2v) is 8.22. The van der Waals surface area contributed by atoms with Gasteiger partial charge in [-0.15, -0.1) is 0 Å². The maximum atomic E-state index is 12.4. The first-order valence-electron chi connectivity index (χ1n) is 7.27. The van der Waals surface area contributed by atoms with Crippen LogP contribution in [0.15, 0.2) is 47.4 Å². The van der Waals surface area contributed by atoms with Gasteiger partial charge in [-0.25, -0.2) is 8.42 Å². The summed E-state index contributed by atoms with van der Waals surface area (Å²) < 4.78 is 27.4. The van der Waals surface area contributed by atoms with Crippen LogP contribution < -0.4 is 4.72 Å². The van der Waals surface area contributed by atoms with Gasteiger partial charge in [0.05, 0.1) is 16.1 Å². The largest absolute Gasteiger partial charge is 0.278 e. The summed E-state index contributed by atoms with van der Waals surface area (Å²) in [7, 11) is -3.71. The van der Waals surface area contributed by atoms with Gasteiger partial charge in [0.15, 0.2) is 0 Å². The predicted molar refractivity (Wildman–Crippen MR) is 91.8 cm³/mol. The lowest BCUT2D eigenvalue weighted by atomic mass is 9.86. The van der Waals surface area contributed by atoms with Crippen LogP contribution in [0, 0.1) is 18.3 Å². The van der Waals surface area contributed by atoms with E-state index in [1.807, 2.05) is 33.8 Å². The van der Waals surface area contributed by atoms with Crippen molar-refractivity contribution in [1.29, 1.82) is 5.26 Å². The van der Waals surface area contributed by atoms with Crippen LogP contribution in [-0.2, 0) is 15.4 Å². The number of nitriles is 1. The quantitative estimate of drug-likeness (QED) is 0.927. The van der Waals surface area contributed by atoms with Crippen LogP contribution >= 0.6 is 0 Å². The van der Waals surface area contributed by atoms with Crippen molar-refractivity contribution in [2.45, 2.75) is 38.0 Å². The Labute approximate surface area is 137 Å². The van der Waals surface area contributed by atoms with Crippen molar-refractivity contribution >= 4 is 15.7 Å². The molecule has 2 aromatic rings. The molecular formula is C18H20N2O2S. The molecule has 0 aliphatic heterocycles. The number of nitrogens with zero attached hydrogens (tertiary/aromatic N) is 1. The molecule has 0 radical (unpaired) electrons. The maximum absolute atomic E-state index is 12.4. The first-order chi connectivity index (χ1) is 10.6. The van der Waals surface area contributed by atoms with Crippen molar-refractivity contribution < 1.29 is 8.42 Å². The Morgan fingerprint density at radius 3 is 2.17 bits per heavy atom. The van der Waals surface area contributed by atoms with Crippen molar-refractivity contribution in [1.82, 2.24) is 0 Å². The van der Waals surface area contributed by atoms with Gasteiger partial charge in [-0.2, -0.15) is 5.26 Å². The second kappa shape index (κ2) is 6.05. The van der Waals surface area contributed by atoms with Crippen molar-refractivity contribution in [3.8, 4) is 6.07 Å². The number of benzene rings is 2. The Morgan fingerprint density at radius 2 is 1.65 bits per heavy atom. The molecule has 0 fully saturated rings. The summed E-state index contributed by atoms with van der Waals surface area (Å²) in [6.07, 6.45) is 0. The fraction of sp³-hybridized carbons (Fsp3) is 0.278. The zero-order chi connectivity index (χ0) is 17.3. The third-order valence-electron chi connectivity index (χ3n) is 3.58. The Balaban J connectivity index is 2.40. The van der Waals surface area contributed by atoms with Gasteiger partial charge in [-0.05, 0) is 42.2 Å². The number of anilines is 1. The normalized spacial score (nSPS) is 11.8. The third-order valence-corrected chi connectivity index (χ3v) is 4.96. The molecule has 2 rings (SSSR count). The van der Waals surface area contributed by atoms with E-state index in [1.54, 1.807) is 36.4 Å². The van der Waals surface area contributed by atoms with E-state index in [9.17, 15) is 13.7 Å². The summed E-state index contributed by atoms with van der Waals surface area (Å²) in [6.45, 7) is 8.02. The summed E-state index contributed by atoms with van der Waals surface area (Å²) in [5.41, 5.74) is 2.46. The van der Waals surface area contributed by atoms with Crippen molar-refractivity contribution in [3.05, 3.63) is 59.2 Å². The van der Waals surface area contributed by atoms with Gasteiger partial charge in [0.25, 0.3) is 10.0 Å². The van der Waals surface area contributed by atoms with Gasteiger partial charge in [-0.3, -0.25) is 4.72 Å². The molecule has 1 N–H and O–H groups in total. The molecule has 5 heteroatoms. The summed E-state index contributed by atoms with van der Waals surface area (Å²) in [5.74, 6) is 0. The highest BCUT2D eigenvalue weighted by Gasteiger charge is 2.19. The molecule has 0 aliphatic rings. The first-order valence-corrected chi connectivity index (χ1v) is 8.76. The van der Waals surface area contributed by atoms with E-state index in [1.165, 1.54) is 0 Å². The maximum Gasteiger partial charge on any atom is 0.261 e. The van der Waals surface area contributed by atoms with Crippen molar-refractivity contribution in [2.75, 3.05) is 4.72 Å². The van der Waals surface area contributed by atoms with E-state index in [0.29, 0.717) is 11.3 Å². The molecule has 0 aliphatic carbocycles. The first kappa shape index (κ1) is 17.0.